The van der Waals surface area contributed by atoms with E-state index >= 15 is 0 Å². The summed E-state index contributed by atoms with van der Waals surface area (Å²) in [6, 6.07) is 23.6. The van der Waals surface area contributed by atoms with Gasteiger partial charge >= 0.3 is 0 Å². The van der Waals surface area contributed by atoms with E-state index in [1.54, 1.807) is 0 Å². The topological polar surface area (TPSA) is 59.3 Å². The Hall–Kier alpha value is -3.47. The van der Waals surface area contributed by atoms with E-state index in [1.165, 1.54) is 0 Å². The van der Waals surface area contributed by atoms with Crippen LogP contribution in [0, 0.1) is 0 Å². The van der Waals surface area contributed by atoms with E-state index in [1.807, 2.05) is 71.3 Å². The molecule has 1 N–H and O–H groups in total. The van der Waals surface area contributed by atoms with Gasteiger partial charge < -0.3 is 5.32 Å². The molecule has 0 bridgehead atoms. The van der Waals surface area contributed by atoms with Crippen LogP contribution < -0.4 is 5.32 Å². The van der Waals surface area contributed by atoms with E-state index in [4.69, 9.17) is 0 Å². The average molecular weight is 356 g/mol. The molecule has 2 aromatic heterocycles. The Bertz CT molecular complexity index is 1040. The van der Waals surface area contributed by atoms with E-state index in [0.717, 1.165) is 35.4 Å². The van der Waals surface area contributed by atoms with Crippen molar-refractivity contribution in [2.75, 3.05) is 6.54 Å². The van der Waals surface area contributed by atoms with Crippen LogP contribution in [0.25, 0.3) is 16.8 Å². The van der Waals surface area contributed by atoms with Gasteiger partial charge in [0.2, 0.25) is 0 Å². The van der Waals surface area contributed by atoms with Crippen LogP contribution in [0.5, 0.6) is 0 Å². The highest BCUT2D eigenvalue weighted by molar-refractivity contribution is 5.94. The molecule has 0 saturated heterocycles. The number of nitrogens with one attached hydrogen (secondary N) is 1. The number of hydrogen-bond acceptors (Lipinski definition) is 3. The SMILES string of the molecule is O=C(NCCCc1nnc2ccccn12)c1ccc(-c2ccccc2)cc1. The monoisotopic (exact) mass is 356 g/mol. The quantitative estimate of drug-likeness (QED) is 0.535. The van der Waals surface area contributed by atoms with Gasteiger partial charge in [-0.25, -0.2) is 0 Å². The highest BCUT2D eigenvalue weighted by Gasteiger charge is 2.07. The molecule has 0 atom stereocenters. The largest absolute Gasteiger partial charge is 0.352 e. The minimum Gasteiger partial charge on any atom is -0.352 e. The lowest BCUT2D eigenvalue weighted by Gasteiger charge is -2.06. The summed E-state index contributed by atoms with van der Waals surface area (Å²) in [7, 11) is 0. The van der Waals surface area contributed by atoms with E-state index in [0.29, 0.717) is 12.1 Å². The molecule has 2 aromatic carbocycles. The second kappa shape index (κ2) is 7.83. The normalized spacial score (nSPS) is 10.8. The summed E-state index contributed by atoms with van der Waals surface area (Å²) in [5, 5.41) is 11.3. The molecular formula is C22H20N4O. The summed E-state index contributed by atoms with van der Waals surface area (Å²) < 4.78 is 1.98. The van der Waals surface area contributed by atoms with Crippen molar-refractivity contribution < 1.29 is 4.79 Å². The molecule has 0 saturated carbocycles. The Balaban J connectivity index is 1.30. The molecule has 0 aliphatic rings. The fraction of sp³-hybridized carbons (Fsp3) is 0.136. The van der Waals surface area contributed by atoms with Crippen LogP contribution in [0.3, 0.4) is 0 Å². The summed E-state index contributed by atoms with van der Waals surface area (Å²) in [5.41, 5.74) is 3.76. The van der Waals surface area contributed by atoms with Crippen molar-refractivity contribution in [3.8, 4) is 11.1 Å². The Morgan fingerprint density at radius 2 is 1.59 bits per heavy atom. The zero-order chi connectivity index (χ0) is 18.5. The number of benzene rings is 2. The average Bonchev–Trinajstić information content (AvgIpc) is 3.15. The maximum atomic E-state index is 12.3. The van der Waals surface area contributed by atoms with Gasteiger partial charge in [0.1, 0.15) is 5.82 Å². The first-order valence-electron chi connectivity index (χ1n) is 9.03. The van der Waals surface area contributed by atoms with Gasteiger partial charge in [-0.15, -0.1) is 10.2 Å². The maximum Gasteiger partial charge on any atom is 0.251 e. The van der Waals surface area contributed by atoms with Crippen LogP contribution in [0.15, 0.2) is 79.0 Å². The predicted molar refractivity (Wildman–Crippen MR) is 106 cm³/mol. The highest BCUT2D eigenvalue weighted by atomic mass is 16.1. The smallest absolute Gasteiger partial charge is 0.251 e. The van der Waals surface area contributed by atoms with Crippen molar-refractivity contribution in [3.63, 3.8) is 0 Å². The molecule has 5 heteroatoms. The zero-order valence-corrected chi connectivity index (χ0v) is 14.9. The van der Waals surface area contributed by atoms with Crippen molar-refractivity contribution in [3.05, 3.63) is 90.4 Å². The van der Waals surface area contributed by atoms with Gasteiger partial charge in [-0.3, -0.25) is 9.20 Å². The molecule has 0 unspecified atom stereocenters. The third-order valence-electron chi connectivity index (χ3n) is 4.50. The number of hydrogen-bond donors (Lipinski definition) is 1. The lowest BCUT2D eigenvalue weighted by atomic mass is 10.0. The molecule has 4 aromatic rings. The molecule has 134 valence electrons. The first kappa shape index (κ1) is 17.0. The minimum absolute atomic E-state index is 0.0549. The number of amides is 1. The van der Waals surface area contributed by atoms with Crippen LogP contribution in [-0.2, 0) is 6.42 Å². The fourth-order valence-corrected chi connectivity index (χ4v) is 3.06. The van der Waals surface area contributed by atoms with E-state index in [2.05, 4.69) is 27.6 Å². The van der Waals surface area contributed by atoms with Crippen LogP contribution in [0.2, 0.25) is 0 Å². The second-order valence-corrected chi connectivity index (χ2v) is 6.35. The molecule has 0 aliphatic heterocycles. The number of aryl methyl sites for hydroxylation is 1. The Labute approximate surface area is 157 Å². The highest BCUT2D eigenvalue weighted by Crippen LogP contribution is 2.19. The summed E-state index contributed by atoms with van der Waals surface area (Å²) >= 11 is 0. The lowest BCUT2D eigenvalue weighted by molar-refractivity contribution is 0.0953. The van der Waals surface area contributed by atoms with E-state index < -0.39 is 0 Å². The second-order valence-electron chi connectivity index (χ2n) is 6.35. The summed E-state index contributed by atoms with van der Waals surface area (Å²) in [6.07, 6.45) is 3.53. The molecule has 2 heterocycles. The Morgan fingerprint density at radius 1 is 0.852 bits per heavy atom. The minimum atomic E-state index is -0.0549. The molecule has 0 fully saturated rings. The molecule has 0 aliphatic carbocycles. The van der Waals surface area contributed by atoms with Gasteiger partial charge in [-0.1, -0.05) is 48.5 Å². The van der Waals surface area contributed by atoms with Crippen LogP contribution in [0.1, 0.15) is 22.6 Å². The number of rotatable bonds is 6. The van der Waals surface area contributed by atoms with Crippen molar-refractivity contribution in [1.29, 1.82) is 0 Å². The van der Waals surface area contributed by atoms with Gasteiger partial charge in [0.25, 0.3) is 5.91 Å². The van der Waals surface area contributed by atoms with Gasteiger partial charge in [-0.2, -0.15) is 0 Å². The summed E-state index contributed by atoms with van der Waals surface area (Å²) in [6.45, 7) is 0.598. The molecule has 0 spiro atoms. The first-order valence-corrected chi connectivity index (χ1v) is 9.03. The lowest BCUT2D eigenvalue weighted by Crippen LogP contribution is -2.24. The first-order chi connectivity index (χ1) is 13.3. The molecule has 0 radical (unpaired) electrons. The number of pyridine rings is 1. The maximum absolute atomic E-state index is 12.3. The molecule has 4 rings (SSSR count). The number of carbonyl (C=O) groups excluding carboxylic acids is 1. The Kier molecular flexibility index (Phi) is 4.92. The van der Waals surface area contributed by atoms with Gasteiger partial charge in [-0.05, 0) is 41.8 Å². The van der Waals surface area contributed by atoms with Gasteiger partial charge in [0.05, 0.1) is 0 Å². The van der Waals surface area contributed by atoms with Crippen LogP contribution in [-0.4, -0.2) is 27.0 Å². The zero-order valence-electron chi connectivity index (χ0n) is 14.9. The summed E-state index contributed by atoms with van der Waals surface area (Å²) in [4.78, 5) is 12.3. The standard InChI is InChI=1S/C22H20N4O/c27-22(19-13-11-18(12-14-19)17-7-2-1-3-8-17)23-15-6-10-21-25-24-20-9-4-5-16-26(20)21/h1-5,7-9,11-14,16H,6,10,15H2,(H,23,27). The number of carbonyl (C=O) groups is 1. The van der Waals surface area contributed by atoms with Crippen molar-refractivity contribution in [1.82, 2.24) is 19.9 Å². The Morgan fingerprint density at radius 3 is 2.41 bits per heavy atom. The number of aromatic nitrogens is 3. The molecule has 27 heavy (non-hydrogen) atoms. The third kappa shape index (κ3) is 3.87. The van der Waals surface area contributed by atoms with Crippen LogP contribution in [0.4, 0.5) is 0 Å². The number of fused-ring (bicyclic) bond motifs is 1. The van der Waals surface area contributed by atoms with Crippen LogP contribution >= 0.6 is 0 Å². The predicted octanol–water partition coefficient (Wildman–Crippen LogP) is 3.76. The molecular weight excluding hydrogens is 336 g/mol. The van der Waals surface area contributed by atoms with Gasteiger partial charge in [0.15, 0.2) is 5.65 Å². The van der Waals surface area contributed by atoms with Crippen molar-refractivity contribution >= 4 is 11.6 Å². The van der Waals surface area contributed by atoms with E-state index in [-0.39, 0.29) is 5.91 Å². The third-order valence-corrected chi connectivity index (χ3v) is 4.50. The van der Waals surface area contributed by atoms with Gasteiger partial charge in [0, 0.05) is 24.7 Å². The molecule has 1 amide bonds. The fourth-order valence-electron chi connectivity index (χ4n) is 3.06. The van der Waals surface area contributed by atoms with E-state index in [9.17, 15) is 4.79 Å². The molecule has 5 nitrogen and oxygen atoms in total. The number of nitrogens with zero attached hydrogens (tertiary/aromatic N) is 3. The van der Waals surface area contributed by atoms with Crippen molar-refractivity contribution in [2.24, 2.45) is 0 Å². The summed E-state index contributed by atoms with van der Waals surface area (Å²) in [5.74, 6) is 0.854. The van der Waals surface area contributed by atoms with Crippen molar-refractivity contribution in [2.45, 2.75) is 12.8 Å².